The van der Waals surface area contributed by atoms with Crippen molar-refractivity contribution in [2.45, 2.75) is 13.8 Å². The van der Waals surface area contributed by atoms with Crippen LogP contribution in [0.25, 0.3) is 5.57 Å². The second-order valence-corrected chi connectivity index (χ2v) is 3.44. The molecule has 1 aliphatic rings. The fourth-order valence-electron chi connectivity index (χ4n) is 1.84. The van der Waals surface area contributed by atoms with Crippen LogP contribution in [0.1, 0.15) is 19.4 Å². The van der Waals surface area contributed by atoms with Crippen molar-refractivity contribution in [1.82, 2.24) is 0 Å². The molecule has 0 saturated carbocycles. The monoisotopic (exact) mass is 173 g/mol. The van der Waals surface area contributed by atoms with Crippen molar-refractivity contribution in [2.75, 3.05) is 18.0 Å². The van der Waals surface area contributed by atoms with E-state index < -0.39 is 0 Å². The quantitative estimate of drug-likeness (QED) is 0.631. The fourth-order valence-corrected chi connectivity index (χ4v) is 1.84. The normalized spacial score (nSPS) is 15.2. The molecule has 0 aromatic heterocycles. The Morgan fingerprint density at radius 1 is 1.31 bits per heavy atom. The van der Waals surface area contributed by atoms with Crippen molar-refractivity contribution in [2.24, 2.45) is 0 Å². The molecule has 0 amide bonds. The summed E-state index contributed by atoms with van der Waals surface area (Å²) in [5, 5.41) is 0. The van der Waals surface area contributed by atoms with Crippen LogP contribution in [-0.2, 0) is 0 Å². The molecule has 1 nitrogen and oxygen atoms in total. The van der Waals surface area contributed by atoms with Crippen LogP contribution < -0.4 is 4.90 Å². The van der Waals surface area contributed by atoms with E-state index in [4.69, 9.17) is 0 Å². The van der Waals surface area contributed by atoms with Gasteiger partial charge < -0.3 is 4.90 Å². The zero-order chi connectivity index (χ0) is 9.26. The van der Waals surface area contributed by atoms with Crippen LogP contribution in [0, 0.1) is 0 Å². The Morgan fingerprint density at radius 3 is 2.85 bits per heavy atom. The highest BCUT2D eigenvalue weighted by Gasteiger charge is 2.13. The van der Waals surface area contributed by atoms with Gasteiger partial charge >= 0.3 is 0 Å². The standard InChI is InChI=1S/C12H15N/c1-3-13-9-8-10(2)11-6-4-5-7-12(11)13/h4-8H,3,9H2,1-2H3. The van der Waals surface area contributed by atoms with Crippen LogP contribution in [0.2, 0.25) is 0 Å². The summed E-state index contributed by atoms with van der Waals surface area (Å²) >= 11 is 0. The minimum absolute atomic E-state index is 1.05. The summed E-state index contributed by atoms with van der Waals surface area (Å²) in [5.41, 5.74) is 4.17. The predicted molar refractivity (Wildman–Crippen MR) is 58.0 cm³/mol. The van der Waals surface area contributed by atoms with E-state index >= 15 is 0 Å². The minimum atomic E-state index is 1.05. The molecule has 2 rings (SSSR count). The average Bonchev–Trinajstić information content (AvgIpc) is 2.19. The van der Waals surface area contributed by atoms with Crippen molar-refractivity contribution >= 4 is 11.3 Å². The topological polar surface area (TPSA) is 3.24 Å². The van der Waals surface area contributed by atoms with Crippen molar-refractivity contribution in [3.63, 3.8) is 0 Å². The summed E-state index contributed by atoms with van der Waals surface area (Å²) in [6.07, 6.45) is 2.30. The van der Waals surface area contributed by atoms with E-state index in [1.165, 1.54) is 16.8 Å². The number of para-hydroxylation sites is 1. The third-order valence-electron chi connectivity index (χ3n) is 2.67. The second-order valence-electron chi connectivity index (χ2n) is 3.44. The average molecular weight is 173 g/mol. The van der Waals surface area contributed by atoms with Gasteiger partial charge in [-0.05, 0) is 25.5 Å². The van der Waals surface area contributed by atoms with Gasteiger partial charge in [-0.15, -0.1) is 0 Å². The van der Waals surface area contributed by atoms with Crippen LogP contribution >= 0.6 is 0 Å². The van der Waals surface area contributed by atoms with Gasteiger partial charge in [-0.25, -0.2) is 0 Å². The molecule has 0 aliphatic carbocycles. The van der Waals surface area contributed by atoms with Crippen molar-refractivity contribution in [1.29, 1.82) is 0 Å². The molecule has 0 radical (unpaired) electrons. The smallest absolute Gasteiger partial charge is 0.0445 e. The lowest BCUT2D eigenvalue weighted by atomic mass is 10.0. The van der Waals surface area contributed by atoms with E-state index in [0.717, 1.165) is 13.1 Å². The van der Waals surface area contributed by atoms with E-state index in [9.17, 15) is 0 Å². The van der Waals surface area contributed by atoms with Gasteiger partial charge in [-0.2, -0.15) is 0 Å². The number of rotatable bonds is 1. The molecular formula is C12H15N. The van der Waals surface area contributed by atoms with Crippen LogP contribution in [0.5, 0.6) is 0 Å². The molecule has 68 valence electrons. The van der Waals surface area contributed by atoms with Crippen LogP contribution in [0.4, 0.5) is 5.69 Å². The number of anilines is 1. The Bertz CT molecular complexity index is 339. The maximum atomic E-state index is 2.39. The van der Waals surface area contributed by atoms with Gasteiger partial charge in [0.1, 0.15) is 0 Å². The summed E-state index contributed by atoms with van der Waals surface area (Å²) in [4.78, 5) is 2.39. The summed E-state index contributed by atoms with van der Waals surface area (Å²) in [6.45, 7) is 6.53. The number of allylic oxidation sites excluding steroid dienone is 1. The number of hydrogen-bond acceptors (Lipinski definition) is 1. The molecule has 13 heavy (non-hydrogen) atoms. The van der Waals surface area contributed by atoms with E-state index in [-0.39, 0.29) is 0 Å². The molecular weight excluding hydrogens is 158 g/mol. The Morgan fingerprint density at radius 2 is 2.08 bits per heavy atom. The van der Waals surface area contributed by atoms with Gasteiger partial charge in [0.15, 0.2) is 0 Å². The number of fused-ring (bicyclic) bond motifs is 1. The highest BCUT2D eigenvalue weighted by Crippen LogP contribution is 2.30. The molecule has 0 bridgehead atoms. The molecule has 0 unspecified atom stereocenters. The van der Waals surface area contributed by atoms with Gasteiger partial charge in [0.05, 0.1) is 0 Å². The number of hydrogen-bond donors (Lipinski definition) is 0. The summed E-state index contributed by atoms with van der Waals surface area (Å²) in [6, 6.07) is 8.62. The molecule has 1 aromatic rings. The first-order chi connectivity index (χ1) is 6.33. The van der Waals surface area contributed by atoms with Gasteiger partial charge in [0.2, 0.25) is 0 Å². The van der Waals surface area contributed by atoms with E-state index in [1.54, 1.807) is 0 Å². The SMILES string of the molecule is CCN1CC=C(C)c2ccccc21. The van der Waals surface area contributed by atoms with Gasteiger partial charge in [-0.1, -0.05) is 24.3 Å². The Balaban J connectivity index is 2.50. The highest BCUT2D eigenvalue weighted by atomic mass is 15.1. The lowest BCUT2D eigenvalue weighted by Gasteiger charge is -2.28. The van der Waals surface area contributed by atoms with Crippen molar-refractivity contribution in [3.8, 4) is 0 Å². The third kappa shape index (κ3) is 1.35. The second kappa shape index (κ2) is 3.25. The summed E-state index contributed by atoms with van der Waals surface area (Å²) < 4.78 is 0. The van der Waals surface area contributed by atoms with Crippen molar-refractivity contribution in [3.05, 3.63) is 35.9 Å². The summed E-state index contributed by atoms with van der Waals surface area (Å²) in [5.74, 6) is 0. The molecule has 1 heteroatoms. The lowest BCUT2D eigenvalue weighted by Crippen LogP contribution is -2.26. The first kappa shape index (κ1) is 8.36. The van der Waals surface area contributed by atoms with E-state index in [1.807, 2.05) is 0 Å². The molecule has 0 fully saturated rings. The van der Waals surface area contributed by atoms with Crippen LogP contribution in [0.3, 0.4) is 0 Å². The van der Waals surface area contributed by atoms with E-state index in [0.29, 0.717) is 0 Å². The Labute approximate surface area is 79.7 Å². The highest BCUT2D eigenvalue weighted by molar-refractivity contribution is 5.78. The molecule has 0 atom stereocenters. The van der Waals surface area contributed by atoms with Gasteiger partial charge in [0.25, 0.3) is 0 Å². The molecule has 1 aromatic carbocycles. The number of nitrogens with zero attached hydrogens (tertiary/aromatic N) is 1. The van der Waals surface area contributed by atoms with Crippen LogP contribution in [0.15, 0.2) is 30.3 Å². The van der Waals surface area contributed by atoms with Gasteiger partial charge in [-0.3, -0.25) is 0 Å². The third-order valence-corrected chi connectivity index (χ3v) is 2.67. The summed E-state index contributed by atoms with van der Waals surface area (Å²) in [7, 11) is 0. The maximum absolute atomic E-state index is 2.39. The zero-order valence-corrected chi connectivity index (χ0v) is 8.25. The molecule has 0 N–H and O–H groups in total. The Kier molecular flexibility index (Phi) is 2.09. The van der Waals surface area contributed by atoms with Crippen LogP contribution in [-0.4, -0.2) is 13.1 Å². The van der Waals surface area contributed by atoms with E-state index in [2.05, 4.69) is 49.1 Å². The largest absolute Gasteiger partial charge is 0.368 e. The first-order valence-electron chi connectivity index (χ1n) is 4.84. The van der Waals surface area contributed by atoms with Gasteiger partial charge in [0, 0.05) is 24.3 Å². The Hall–Kier alpha value is -1.24. The number of likely N-dealkylation sites (N-methyl/N-ethyl adjacent to an activating group) is 1. The molecule has 0 spiro atoms. The minimum Gasteiger partial charge on any atom is -0.368 e. The predicted octanol–water partition coefficient (Wildman–Crippen LogP) is 2.93. The molecule has 0 saturated heterocycles. The van der Waals surface area contributed by atoms with Crippen molar-refractivity contribution < 1.29 is 0 Å². The zero-order valence-electron chi connectivity index (χ0n) is 8.25. The first-order valence-corrected chi connectivity index (χ1v) is 4.84. The fraction of sp³-hybridized carbons (Fsp3) is 0.333. The number of benzene rings is 1. The molecule has 1 aliphatic heterocycles. The lowest BCUT2D eigenvalue weighted by molar-refractivity contribution is 0.895. The molecule has 1 heterocycles. The maximum Gasteiger partial charge on any atom is 0.0445 e.